The molecule has 102 valence electrons. The Balaban J connectivity index is 2.59. The first-order valence-electron chi connectivity index (χ1n) is 6.27. The summed E-state index contributed by atoms with van der Waals surface area (Å²) in [6.07, 6.45) is 2.32. The molecule has 0 fully saturated rings. The largest absolute Gasteiger partial charge is 0.469 e. The zero-order chi connectivity index (χ0) is 14.0. The Labute approximate surface area is 109 Å². The van der Waals surface area contributed by atoms with Gasteiger partial charge in [-0.2, -0.15) is 0 Å². The van der Waals surface area contributed by atoms with Gasteiger partial charge in [-0.25, -0.2) is 0 Å². The molecule has 0 spiro atoms. The van der Waals surface area contributed by atoms with E-state index in [0.29, 0.717) is 6.42 Å². The van der Waals surface area contributed by atoms with Crippen LogP contribution in [0.25, 0.3) is 0 Å². The summed E-state index contributed by atoms with van der Waals surface area (Å²) < 4.78 is 5.26. The molecule has 0 aliphatic rings. The molecule has 1 heterocycles. The Morgan fingerprint density at radius 3 is 2.50 bits per heavy atom. The van der Waals surface area contributed by atoms with Crippen molar-refractivity contribution < 1.29 is 9.21 Å². The standard InChI is InChI=1S/C14H24N2O2/c1-10(9-11-7-6-8-18-11)16-12(17)13(2,3)14(4,5)15/h6-8,10H,9,15H2,1-5H3,(H,16,17). The van der Waals surface area contributed by atoms with Crippen LogP contribution in [0.5, 0.6) is 0 Å². The molecule has 1 aromatic rings. The van der Waals surface area contributed by atoms with Gasteiger partial charge in [0.1, 0.15) is 5.76 Å². The molecule has 0 aliphatic heterocycles. The summed E-state index contributed by atoms with van der Waals surface area (Å²) in [7, 11) is 0. The normalized spacial score (nSPS) is 14.3. The highest BCUT2D eigenvalue weighted by atomic mass is 16.3. The van der Waals surface area contributed by atoms with Crippen molar-refractivity contribution in [2.45, 2.75) is 52.6 Å². The lowest BCUT2D eigenvalue weighted by Gasteiger charge is -2.37. The van der Waals surface area contributed by atoms with Crippen molar-refractivity contribution in [1.29, 1.82) is 0 Å². The van der Waals surface area contributed by atoms with Crippen molar-refractivity contribution in [3.05, 3.63) is 24.2 Å². The fourth-order valence-corrected chi connectivity index (χ4v) is 1.48. The number of carbonyl (C=O) groups is 1. The van der Waals surface area contributed by atoms with Crippen molar-refractivity contribution in [3.63, 3.8) is 0 Å². The zero-order valence-electron chi connectivity index (χ0n) is 11.9. The van der Waals surface area contributed by atoms with E-state index in [1.165, 1.54) is 0 Å². The number of furan rings is 1. The van der Waals surface area contributed by atoms with E-state index in [2.05, 4.69) is 5.32 Å². The Hall–Kier alpha value is -1.29. The van der Waals surface area contributed by atoms with Gasteiger partial charge in [-0.15, -0.1) is 0 Å². The molecule has 0 saturated heterocycles. The summed E-state index contributed by atoms with van der Waals surface area (Å²) in [5.41, 5.74) is 4.86. The molecule has 1 atom stereocenters. The molecular weight excluding hydrogens is 228 g/mol. The number of nitrogens with two attached hydrogens (primary N) is 1. The van der Waals surface area contributed by atoms with E-state index in [4.69, 9.17) is 10.2 Å². The maximum Gasteiger partial charge on any atom is 0.227 e. The van der Waals surface area contributed by atoms with E-state index in [0.717, 1.165) is 5.76 Å². The SMILES string of the molecule is CC(Cc1ccco1)NC(=O)C(C)(C)C(C)(C)N. The van der Waals surface area contributed by atoms with Crippen LogP contribution in [-0.2, 0) is 11.2 Å². The molecule has 1 rings (SSSR count). The topological polar surface area (TPSA) is 68.3 Å². The van der Waals surface area contributed by atoms with Crippen LogP contribution in [0.1, 0.15) is 40.4 Å². The number of hydrogen-bond donors (Lipinski definition) is 2. The number of rotatable bonds is 5. The van der Waals surface area contributed by atoms with E-state index in [1.54, 1.807) is 6.26 Å². The van der Waals surface area contributed by atoms with Crippen molar-refractivity contribution in [3.8, 4) is 0 Å². The molecule has 4 heteroatoms. The average Bonchev–Trinajstić information content (AvgIpc) is 2.68. The summed E-state index contributed by atoms with van der Waals surface area (Å²) in [4.78, 5) is 12.2. The lowest BCUT2D eigenvalue weighted by Crippen LogP contribution is -2.56. The first-order chi connectivity index (χ1) is 8.14. The Bertz CT molecular complexity index is 388. The minimum Gasteiger partial charge on any atom is -0.469 e. The highest BCUT2D eigenvalue weighted by Gasteiger charge is 2.40. The summed E-state index contributed by atoms with van der Waals surface area (Å²) in [6, 6.07) is 3.77. The molecule has 18 heavy (non-hydrogen) atoms. The van der Waals surface area contributed by atoms with Crippen LogP contribution in [0.2, 0.25) is 0 Å². The maximum atomic E-state index is 12.2. The Morgan fingerprint density at radius 1 is 1.44 bits per heavy atom. The molecule has 4 nitrogen and oxygen atoms in total. The van der Waals surface area contributed by atoms with E-state index in [-0.39, 0.29) is 11.9 Å². The third-order valence-corrected chi connectivity index (χ3v) is 3.64. The van der Waals surface area contributed by atoms with Gasteiger partial charge in [0.2, 0.25) is 5.91 Å². The molecule has 1 amide bonds. The van der Waals surface area contributed by atoms with Crippen LogP contribution in [0.4, 0.5) is 0 Å². The molecule has 0 saturated carbocycles. The third-order valence-electron chi connectivity index (χ3n) is 3.64. The Kier molecular flexibility index (Phi) is 4.22. The third kappa shape index (κ3) is 3.35. The van der Waals surface area contributed by atoms with Crippen LogP contribution < -0.4 is 11.1 Å². The fourth-order valence-electron chi connectivity index (χ4n) is 1.48. The van der Waals surface area contributed by atoms with Crippen LogP contribution in [0.15, 0.2) is 22.8 Å². The second kappa shape index (κ2) is 5.14. The van der Waals surface area contributed by atoms with Gasteiger partial charge in [0.15, 0.2) is 0 Å². The fraction of sp³-hybridized carbons (Fsp3) is 0.643. The molecule has 0 radical (unpaired) electrons. The minimum absolute atomic E-state index is 0.0188. The molecule has 0 bridgehead atoms. The highest BCUT2D eigenvalue weighted by molar-refractivity contribution is 5.83. The van der Waals surface area contributed by atoms with Gasteiger partial charge in [0, 0.05) is 18.0 Å². The number of carbonyl (C=O) groups excluding carboxylic acids is 1. The second-order valence-corrected chi connectivity index (χ2v) is 6.00. The molecule has 1 unspecified atom stereocenters. The molecule has 0 aliphatic carbocycles. The van der Waals surface area contributed by atoms with Crippen LogP contribution in [-0.4, -0.2) is 17.5 Å². The van der Waals surface area contributed by atoms with Crippen LogP contribution >= 0.6 is 0 Å². The first-order valence-corrected chi connectivity index (χ1v) is 6.27. The van der Waals surface area contributed by atoms with Gasteiger partial charge in [-0.05, 0) is 46.8 Å². The van der Waals surface area contributed by atoms with Crippen molar-refractivity contribution in [1.82, 2.24) is 5.32 Å². The van der Waals surface area contributed by atoms with Gasteiger partial charge < -0.3 is 15.5 Å². The zero-order valence-corrected chi connectivity index (χ0v) is 11.9. The van der Waals surface area contributed by atoms with E-state index >= 15 is 0 Å². The average molecular weight is 252 g/mol. The Morgan fingerprint density at radius 2 is 2.06 bits per heavy atom. The summed E-state index contributed by atoms with van der Waals surface area (Å²) >= 11 is 0. The minimum atomic E-state index is -0.621. The van der Waals surface area contributed by atoms with Gasteiger partial charge in [-0.3, -0.25) is 4.79 Å². The van der Waals surface area contributed by atoms with Crippen LogP contribution in [0, 0.1) is 5.41 Å². The van der Waals surface area contributed by atoms with Crippen LogP contribution in [0.3, 0.4) is 0 Å². The molecule has 1 aromatic heterocycles. The smallest absolute Gasteiger partial charge is 0.227 e. The van der Waals surface area contributed by atoms with Gasteiger partial charge in [-0.1, -0.05) is 0 Å². The lowest BCUT2D eigenvalue weighted by molar-refractivity contribution is -0.132. The van der Waals surface area contributed by atoms with Gasteiger partial charge in [0.25, 0.3) is 0 Å². The molecular formula is C14H24N2O2. The highest BCUT2D eigenvalue weighted by Crippen LogP contribution is 2.28. The van der Waals surface area contributed by atoms with Crippen molar-refractivity contribution >= 4 is 5.91 Å². The van der Waals surface area contributed by atoms with Gasteiger partial charge in [0.05, 0.1) is 11.7 Å². The summed E-state index contributed by atoms with van der Waals surface area (Å²) in [5, 5.41) is 2.99. The van der Waals surface area contributed by atoms with Gasteiger partial charge >= 0.3 is 0 Å². The quantitative estimate of drug-likeness (QED) is 0.843. The predicted octanol–water partition coefficient (Wildman–Crippen LogP) is 2.09. The summed E-state index contributed by atoms with van der Waals surface area (Å²) in [5.74, 6) is 0.835. The monoisotopic (exact) mass is 252 g/mol. The first kappa shape index (κ1) is 14.8. The van der Waals surface area contributed by atoms with E-state index in [9.17, 15) is 4.79 Å². The maximum absolute atomic E-state index is 12.2. The van der Waals surface area contributed by atoms with Crippen molar-refractivity contribution in [2.75, 3.05) is 0 Å². The molecule has 0 aromatic carbocycles. The number of nitrogens with one attached hydrogen (secondary N) is 1. The number of hydrogen-bond acceptors (Lipinski definition) is 3. The van der Waals surface area contributed by atoms with E-state index in [1.807, 2.05) is 46.8 Å². The number of amides is 1. The molecule has 3 N–H and O–H groups in total. The predicted molar refractivity (Wildman–Crippen MR) is 72.1 cm³/mol. The van der Waals surface area contributed by atoms with E-state index < -0.39 is 11.0 Å². The van der Waals surface area contributed by atoms with Crippen molar-refractivity contribution in [2.24, 2.45) is 11.1 Å². The lowest BCUT2D eigenvalue weighted by atomic mass is 9.74. The second-order valence-electron chi connectivity index (χ2n) is 6.00. The summed E-state index contributed by atoms with van der Waals surface area (Å²) in [6.45, 7) is 9.41.